The van der Waals surface area contributed by atoms with Gasteiger partial charge in [-0.2, -0.15) is 18.4 Å². The van der Waals surface area contributed by atoms with Crippen molar-refractivity contribution in [3.8, 4) is 11.8 Å². The molecule has 0 fully saturated rings. The molecule has 0 N–H and O–H groups in total. The molecule has 0 atom stereocenters. The summed E-state index contributed by atoms with van der Waals surface area (Å²) in [5.41, 5.74) is 0.452. The second kappa shape index (κ2) is 9.20. The van der Waals surface area contributed by atoms with Crippen molar-refractivity contribution < 1.29 is 21.6 Å². The Bertz CT molecular complexity index is 1380. The normalized spacial score (nSPS) is 12.8. The molecule has 1 aromatic heterocycles. The molecule has 0 radical (unpaired) electrons. The van der Waals surface area contributed by atoms with Gasteiger partial charge >= 0.3 is 6.18 Å². The third-order valence-corrected chi connectivity index (χ3v) is 7.31. The number of para-hydroxylation sites is 1. The number of alkyl halides is 3. The van der Waals surface area contributed by atoms with Crippen molar-refractivity contribution in [3.05, 3.63) is 86.5 Å². The summed E-state index contributed by atoms with van der Waals surface area (Å²) in [7, 11) is -4.13. The third kappa shape index (κ3) is 4.92. The first-order chi connectivity index (χ1) is 15.4. The molecule has 0 spiro atoms. The van der Waals surface area contributed by atoms with Crippen molar-refractivity contribution >= 4 is 31.8 Å². The first-order valence-electron chi connectivity index (χ1n) is 9.89. The van der Waals surface area contributed by atoms with Gasteiger partial charge in [-0.15, -0.1) is 0 Å². The first-order valence-corrected chi connectivity index (χ1v) is 12.2. The molecule has 33 heavy (non-hydrogen) atoms. The van der Waals surface area contributed by atoms with Gasteiger partial charge in [0.15, 0.2) is 0 Å². The third-order valence-electron chi connectivity index (χ3n) is 5.15. The number of rotatable bonds is 5. The number of benzene rings is 2. The standard InChI is InChI=1S/C24H20BrF3N2O2S/c1-15(2)23-12-17(11-20(14-29)33(31,32)19-8-6-7-18(25)13-19)16(3)30(23)22-10-5-4-9-21(22)24(26,27)28/h4-13,15H,1-3H3/b20-11+. The van der Waals surface area contributed by atoms with E-state index < -0.39 is 26.5 Å². The Labute approximate surface area is 199 Å². The molecule has 9 heteroatoms. The maximum absolute atomic E-state index is 13.7. The Morgan fingerprint density at radius 2 is 1.79 bits per heavy atom. The molecule has 2 aromatic carbocycles. The Morgan fingerprint density at radius 3 is 2.36 bits per heavy atom. The minimum Gasteiger partial charge on any atom is -0.317 e. The van der Waals surface area contributed by atoms with Crippen LogP contribution in [0.1, 0.15) is 42.3 Å². The summed E-state index contributed by atoms with van der Waals surface area (Å²) in [6, 6.07) is 14.5. The van der Waals surface area contributed by atoms with Crippen LogP contribution in [0.5, 0.6) is 0 Å². The molecule has 1 heterocycles. The summed E-state index contributed by atoms with van der Waals surface area (Å²) < 4.78 is 69.2. The first kappa shape index (κ1) is 24.8. The Kier molecular flexibility index (Phi) is 6.91. The van der Waals surface area contributed by atoms with Gasteiger partial charge < -0.3 is 4.57 Å². The van der Waals surface area contributed by atoms with Gasteiger partial charge in [-0.1, -0.05) is 48.0 Å². The maximum atomic E-state index is 13.7. The van der Waals surface area contributed by atoms with Gasteiger partial charge in [0.25, 0.3) is 0 Å². The SMILES string of the molecule is Cc1c(/C=C(\C#N)S(=O)(=O)c2cccc(Br)c2)cc(C(C)C)n1-c1ccccc1C(F)(F)F. The zero-order chi connectivity index (χ0) is 24.6. The molecule has 0 saturated carbocycles. The van der Waals surface area contributed by atoms with Crippen molar-refractivity contribution in [3.63, 3.8) is 0 Å². The van der Waals surface area contributed by atoms with Crippen molar-refractivity contribution in [2.45, 2.75) is 37.8 Å². The van der Waals surface area contributed by atoms with Gasteiger partial charge in [0.1, 0.15) is 11.0 Å². The van der Waals surface area contributed by atoms with Crippen LogP contribution in [0.4, 0.5) is 13.2 Å². The summed E-state index contributed by atoms with van der Waals surface area (Å²) >= 11 is 3.22. The van der Waals surface area contributed by atoms with Crippen LogP contribution in [0.3, 0.4) is 0 Å². The van der Waals surface area contributed by atoms with Crippen LogP contribution < -0.4 is 0 Å². The molecular weight excluding hydrogens is 517 g/mol. The summed E-state index contributed by atoms with van der Waals surface area (Å²) in [5, 5.41) is 9.63. The van der Waals surface area contributed by atoms with E-state index in [1.165, 1.54) is 41.0 Å². The van der Waals surface area contributed by atoms with Crippen LogP contribution in [-0.4, -0.2) is 13.0 Å². The molecule has 3 aromatic rings. The minimum absolute atomic E-state index is 0.0563. The van der Waals surface area contributed by atoms with Gasteiger partial charge in [-0.3, -0.25) is 0 Å². The lowest BCUT2D eigenvalue weighted by Crippen LogP contribution is -2.13. The van der Waals surface area contributed by atoms with Crippen LogP contribution in [0.2, 0.25) is 0 Å². The lowest BCUT2D eigenvalue weighted by Gasteiger charge is -2.19. The van der Waals surface area contributed by atoms with Crippen molar-refractivity contribution in [2.75, 3.05) is 0 Å². The van der Waals surface area contributed by atoms with Crippen LogP contribution in [0.15, 0.2) is 68.9 Å². The molecule has 0 amide bonds. The number of halogens is 4. The minimum atomic E-state index is -4.57. The quantitative estimate of drug-likeness (QED) is 0.329. The molecular formula is C24H20BrF3N2O2S. The predicted octanol–water partition coefficient (Wildman–Crippen LogP) is 7.03. The second-order valence-electron chi connectivity index (χ2n) is 7.70. The lowest BCUT2D eigenvalue weighted by molar-refractivity contribution is -0.137. The number of nitriles is 1. The van der Waals surface area contributed by atoms with Crippen molar-refractivity contribution in [1.82, 2.24) is 4.57 Å². The molecule has 3 rings (SSSR count). The van der Waals surface area contributed by atoms with E-state index in [1.807, 2.05) is 13.8 Å². The number of nitrogens with zero attached hydrogens (tertiary/aromatic N) is 2. The average Bonchev–Trinajstić information content (AvgIpc) is 3.07. The number of aromatic nitrogens is 1. The van der Waals surface area contributed by atoms with Gasteiger partial charge in [-0.05, 0) is 60.9 Å². The number of hydrogen-bond donors (Lipinski definition) is 0. The smallest absolute Gasteiger partial charge is 0.317 e. The molecule has 172 valence electrons. The van der Waals surface area contributed by atoms with Crippen molar-refractivity contribution in [1.29, 1.82) is 5.26 Å². The zero-order valence-electron chi connectivity index (χ0n) is 18.0. The predicted molar refractivity (Wildman–Crippen MR) is 125 cm³/mol. The van der Waals surface area contributed by atoms with E-state index >= 15 is 0 Å². The molecule has 0 aliphatic rings. The van der Waals surface area contributed by atoms with Crippen LogP contribution in [0, 0.1) is 18.3 Å². The zero-order valence-corrected chi connectivity index (χ0v) is 20.4. The van der Waals surface area contributed by atoms with Gasteiger partial charge in [-0.25, -0.2) is 8.42 Å². The molecule has 0 aliphatic heterocycles. The summed E-state index contributed by atoms with van der Waals surface area (Å²) in [6.45, 7) is 5.27. The average molecular weight is 537 g/mol. The Hall–Kier alpha value is -2.83. The van der Waals surface area contributed by atoms with E-state index in [1.54, 1.807) is 31.2 Å². The fourth-order valence-electron chi connectivity index (χ4n) is 3.52. The topological polar surface area (TPSA) is 62.9 Å². The molecule has 0 aliphatic carbocycles. The molecule has 4 nitrogen and oxygen atoms in total. The second-order valence-corrected chi connectivity index (χ2v) is 10.5. The molecule has 0 bridgehead atoms. The van der Waals surface area contributed by atoms with E-state index in [0.29, 0.717) is 21.4 Å². The summed E-state index contributed by atoms with van der Waals surface area (Å²) in [5.74, 6) is -0.167. The molecule has 0 unspecified atom stereocenters. The van der Waals surface area contributed by atoms with E-state index in [-0.39, 0.29) is 16.5 Å². The van der Waals surface area contributed by atoms with Crippen molar-refractivity contribution in [2.24, 2.45) is 0 Å². The highest BCUT2D eigenvalue weighted by atomic mass is 79.9. The summed E-state index contributed by atoms with van der Waals surface area (Å²) in [4.78, 5) is -0.562. The Morgan fingerprint density at radius 1 is 1.12 bits per heavy atom. The van der Waals surface area contributed by atoms with Crippen LogP contribution >= 0.6 is 15.9 Å². The van der Waals surface area contributed by atoms with Gasteiger partial charge in [0.05, 0.1) is 16.1 Å². The fourth-order valence-corrected chi connectivity index (χ4v) is 5.27. The number of hydrogen-bond acceptors (Lipinski definition) is 3. The van der Waals surface area contributed by atoms with E-state index in [4.69, 9.17) is 0 Å². The largest absolute Gasteiger partial charge is 0.418 e. The lowest BCUT2D eigenvalue weighted by atomic mass is 10.1. The number of allylic oxidation sites excluding steroid dienone is 1. The van der Waals surface area contributed by atoms with Crippen LogP contribution in [-0.2, 0) is 16.0 Å². The highest BCUT2D eigenvalue weighted by molar-refractivity contribution is 9.10. The van der Waals surface area contributed by atoms with E-state index in [0.717, 1.165) is 6.07 Å². The Balaban J connectivity index is 2.25. The highest BCUT2D eigenvalue weighted by Gasteiger charge is 2.34. The van der Waals surface area contributed by atoms with E-state index in [9.17, 15) is 26.9 Å². The van der Waals surface area contributed by atoms with Gasteiger partial charge in [0.2, 0.25) is 9.84 Å². The highest BCUT2D eigenvalue weighted by Crippen LogP contribution is 2.37. The van der Waals surface area contributed by atoms with E-state index in [2.05, 4.69) is 15.9 Å². The fraction of sp³-hybridized carbons (Fsp3) is 0.208. The van der Waals surface area contributed by atoms with Gasteiger partial charge in [0, 0.05) is 15.9 Å². The maximum Gasteiger partial charge on any atom is 0.418 e. The molecule has 0 saturated heterocycles. The number of sulfone groups is 1. The summed E-state index contributed by atoms with van der Waals surface area (Å²) in [6.07, 6.45) is -3.36. The monoisotopic (exact) mass is 536 g/mol. The van der Waals surface area contributed by atoms with Crippen LogP contribution in [0.25, 0.3) is 11.8 Å².